The molecule has 1 aliphatic heterocycles. The van der Waals surface area contributed by atoms with Crippen LogP contribution in [0.15, 0.2) is 24.3 Å². The SMILES string of the molecule is O=C(NCC1(CF)CC12CCOCC2)c1ccccc1Cl. The van der Waals surface area contributed by atoms with E-state index in [1.165, 1.54) is 0 Å². The second-order valence-electron chi connectivity index (χ2n) is 6.15. The zero-order valence-electron chi connectivity index (χ0n) is 11.8. The molecule has 1 atom stereocenters. The van der Waals surface area contributed by atoms with Crippen molar-refractivity contribution in [1.82, 2.24) is 5.32 Å². The molecule has 1 aliphatic carbocycles. The number of ether oxygens (including phenoxy) is 1. The number of alkyl halides is 1. The lowest BCUT2D eigenvalue weighted by molar-refractivity contribution is 0.0371. The molecule has 0 radical (unpaired) electrons. The molecule has 1 aromatic rings. The number of rotatable bonds is 4. The summed E-state index contributed by atoms with van der Waals surface area (Å²) in [6, 6.07) is 6.90. The minimum absolute atomic E-state index is 0.0216. The Bertz CT molecular complexity index is 545. The number of carbonyl (C=O) groups is 1. The number of hydrogen-bond donors (Lipinski definition) is 1. The summed E-state index contributed by atoms with van der Waals surface area (Å²) in [5, 5.41) is 3.28. The van der Waals surface area contributed by atoms with Crippen molar-refractivity contribution in [2.45, 2.75) is 19.3 Å². The van der Waals surface area contributed by atoms with Gasteiger partial charge in [0.1, 0.15) is 0 Å². The fraction of sp³-hybridized carbons (Fsp3) is 0.562. The van der Waals surface area contributed by atoms with E-state index in [2.05, 4.69) is 5.32 Å². The largest absolute Gasteiger partial charge is 0.381 e. The van der Waals surface area contributed by atoms with E-state index in [9.17, 15) is 9.18 Å². The fourth-order valence-corrected chi connectivity index (χ4v) is 3.77. The van der Waals surface area contributed by atoms with Gasteiger partial charge in [-0.05, 0) is 36.8 Å². The van der Waals surface area contributed by atoms with E-state index in [0.717, 1.165) is 19.3 Å². The van der Waals surface area contributed by atoms with Gasteiger partial charge in [0, 0.05) is 25.2 Å². The average Bonchev–Trinajstić information content (AvgIpc) is 3.13. The molecule has 3 nitrogen and oxygen atoms in total. The molecule has 1 saturated heterocycles. The normalized spacial score (nSPS) is 26.6. The Morgan fingerprint density at radius 1 is 1.33 bits per heavy atom. The Balaban J connectivity index is 1.64. The molecule has 114 valence electrons. The molecular formula is C16H19ClFNO2. The average molecular weight is 312 g/mol. The number of halogens is 2. The summed E-state index contributed by atoms with van der Waals surface area (Å²) >= 11 is 6.01. The van der Waals surface area contributed by atoms with Gasteiger partial charge in [0.05, 0.1) is 17.3 Å². The van der Waals surface area contributed by atoms with E-state index < -0.39 is 12.1 Å². The van der Waals surface area contributed by atoms with Gasteiger partial charge in [-0.2, -0.15) is 0 Å². The quantitative estimate of drug-likeness (QED) is 0.927. The lowest BCUT2D eigenvalue weighted by Gasteiger charge is -2.28. The van der Waals surface area contributed by atoms with Crippen LogP contribution in [0.25, 0.3) is 0 Å². The van der Waals surface area contributed by atoms with Crippen LogP contribution in [-0.2, 0) is 4.74 Å². The zero-order chi connectivity index (χ0) is 14.9. The summed E-state index contributed by atoms with van der Waals surface area (Å²) in [4.78, 5) is 12.2. The highest BCUT2D eigenvalue weighted by molar-refractivity contribution is 6.33. The first-order chi connectivity index (χ1) is 10.1. The molecule has 0 bridgehead atoms. The predicted octanol–water partition coefficient (Wildman–Crippen LogP) is 3.23. The third kappa shape index (κ3) is 2.55. The van der Waals surface area contributed by atoms with Crippen LogP contribution in [0, 0.1) is 10.8 Å². The van der Waals surface area contributed by atoms with Gasteiger partial charge >= 0.3 is 0 Å². The van der Waals surface area contributed by atoms with Crippen molar-refractivity contribution in [3.05, 3.63) is 34.9 Å². The van der Waals surface area contributed by atoms with Gasteiger partial charge in [0.25, 0.3) is 5.91 Å². The molecular weight excluding hydrogens is 293 g/mol. The third-order valence-corrected chi connectivity index (χ3v) is 5.42. The molecule has 1 N–H and O–H groups in total. The first-order valence-corrected chi connectivity index (χ1v) is 7.67. The number of benzene rings is 1. The van der Waals surface area contributed by atoms with Crippen molar-refractivity contribution >= 4 is 17.5 Å². The standard InChI is InChI=1S/C16H19ClFNO2/c17-13-4-2-1-3-12(13)14(20)19-11-16(10-18)9-15(16)5-7-21-8-6-15/h1-4H,5-11H2,(H,19,20). The second kappa shape index (κ2) is 5.58. The summed E-state index contributed by atoms with van der Waals surface area (Å²) in [5.41, 5.74) is 0.0522. The fourth-order valence-electron chi connectivity index (χ4n) is 3.55. The van der Waals surface area contributed by atoms with Gasteiger partial charge in [-0.3, -0.25) is 9.18 Å². The van der Waals surface area contributed by atoms with Gasteiger partial charge in [-0.15, -0.1) is 0 Å². The summed E-state index contributed by atoms with van der Waals surface area (Å²) in [5.74, 6) is -0.234. The molecule has 1 heterocycles. The van der Waals surface area contributed by atoms with Crippen LogP contribution in [0.3, 0.4) is 0 Å². The maximum atomic E-state index is 13.6. The Morgan fingerprint density at radius 2 is 2.05 bits per heavy atom. The molecule has 0 aromatic heterocycles. The molecule has 1 saturated carbocycles. The maximum absolute atomic E-state index is 13.6. The molecule has 3 rings (SSSR count). The molecule has 1 unspecified atom stereocenters. The van der Waals surface area contributed by atoms with Crippen LogP contribution >= 0.6 is 11.6 Å². The van der Waals surface area contributed by atoms with Gasteiger partial charge < -0.3 is 10.1 Å². The second-order valence-corrected chi connectivity index (χ2v) is 6.55. The topological polar surface area (TPSA) is 38.3 Å². The van der Waals surface area contributed by atoms with Crippen LogP contribution < -0.4 is 5.32 Å². The Labute approximate surface area is 128 Å². The van der Waals surface area contributed by atoms with E-state index in [1.807, 2.05) is 0 Å². The minimum atomic E-state index is -0.409. The van der Waals surface area contributed by atoms with Crippen molar-refractivity contribution in [2.75, 3.05) is 26.4 Å². The lowest BCUT2D eigenvalue weighted by Crippen LogP contribution is -2.36. The summed E-state index contributed by atoms with van der Waals surface area (Å²) in [6.45, 7) is 1.36. The summed E-state index contributed by atoms with van der Waals surface area (Å²) in [6.07, 6.45) is 2.61. The molecule has 1 amide bonds. The van der Waals surface area contributed by atoms with Crippen molar-refractivity contribution in [2.24, 2.45) is 10.8 Å². The predicted molar refractivity (Wildman–Crippen MR) is 79.3 cm³/mol. The van der Waals surface area contributed by atoms with E-state index in [4.69, 9.17) is 16.3 Å². The van der Waals surface area contributed by atoms with Crippen molar-refractivity contribution in [3.8, 4) is 0 Å². The van der Waals surface area contributed by atoms with Gasteiger partial charge in [0.15, 0.2) is 0 Å². The highest BCUT2D eigenvalue weighted by Gasteiger charge is 2.66. The summed E-state index contributed by atoms with van der Waals surface area (Å²) in [7, 11) is 0. The van der Waals surface area contributed by atoms with Gasteiger partial charge in [0.2, 0.25) is 0 Å². The number of amides is 1. The van der Waals surface area contributed by atoms with Crippen LogP contribution in [0.5, 0.6) is 0 Å². The number of nitrogens with one attached hydrogen (secondary N) is 1. The maximum Gasteiger partial charge on any atom is 0.252 e. The van der Waals surface area contributed by atoms with Gasteiger partial charge in [-0.25, -0.2) is 0 Å². The van der Waals surface area contributed by atoms with Crippen molar-refractivity contribution in [1.29, 1.82) is 0 Å². The highest BCUT2D eigenvalue weighted by Crippen LogP contribution is 2.68. The van der Waals surface area contributed by atoms with Crippen molar-refractivity contribution in [3.63, 3.8) is 0 Å². The van der Waals surface area contributed by atoms with E-state index in [-0.39, 0.29) is 11.3 Å². The molecule has 2 aliphatic rings. The van der Waals surface area contributed by atoms with E-state index in [1.54, 1.807) is 24.3 Å². The molecule has 1 spiro atoms. The van der Waals surface area contributed by atoms with Crippen LogP contribution in [0.2, 0.25) is 5.02 Å². The Hall–Kier alpha value is -1.13. The van der Waals surface area contributed by atoms with E-state index in [0.29, 0.717) is 30.3 Å². The Morgan fingerprint density at radius 3 is 2.71 bits per heavy atom. The number of carbonyl (C=O) groups excluding carboxylic acids is 1. The molecule has 1 aromatic carbocycles. The minimum Gasteiger partial charge on any atom is -0.381 e. The van der Waals surface area contributed by atoms with Crippen molar-refractivity contribution < 1.29 is 13.9 Å². The van der Waals surface area contributed by atoms with Crippen LogP contribution in [0.1, 0.15) is 29.6 Å². The smallest absolute Gasteiger partial charge is 0.252 e. The number of hydrogen-bond acceptors (Lipinski definition) is 2. The molecule has 2 fully saturated rings. The van der Waals surface area contributed by atoms with E-state index >= 15 is 0 Å². The molecule has 5 heteroatoms. The first-order valence-electron chi connectivity index (χ1n) is 7.29. The lowest BCUT2D eigenvalue weighted by atomic mass is 9.86. The summed E-state index contributed by atoms with van der Waals surface area (Å²) < 4.78 is 18.9. The zero-order valence-corrected chi connectivity index (χ0v) is 12.6. The third-order valence-electron chi connectivity index (χ3n) is 5.09. The van der Waals surface area contributed by atoms with Gasteiger partial charge in [-0.1, -0.05) is 23.7 Å². The molecule has 21 heavy (non-hydrogen) atoms. The van der Waals surface area contributed by atoms with Crippen LogP contribution in [0.4, 0.5) is 4.39 Å². The monoisotopic (exact) mass is 311 g/mol. The Kier molecular flexibility index (Phi) is 3.93. The van der Waals surface area contributed by atoms with Crippen LogP contribution in [-0.4, -0.2) is 32.3 Å². The first kappa shape index (κ1) is 14.8. The highest BCUT2D eigenvalue weighted by atomic mass is 35.5.